The summed E-state index contributed by atoms with van der Waals surface area (Å²) in [6, 6.07) is 17.8. The Hall–Kier alpha value is -1.56. The smallest absolute Gasteiger partial charge is 0.00945 e. The number of aryl methyl sites for hydroxylation is 2. The number of unbranched alkanes of at least 4 members (excludes halogenated alkanes) is 3. The zero-order valence-electron chi connectivity index (χ0n) is 13.7. The fourth-order valence-electron chi connectivity index (χ4n) is 3.21. The van der Waals surface area contributed by atoms with Crippen LogP contribution in [0.4, 0.5) is 0 Å². The van der Waals surface area contributed by atoms with Gasteiger partial charge in [0, 0.05) is 5.92 Å². The van der Waals surface area contributed by atoms with E-state index in [1.54, 1.807) is 0 Å². The van der Waals surface area contributed by atoms with Gasteiger partial charge in [0.25, 0.3) is 0 Å². The molecule has 21 heavy (non-hydrogen) atoms. The van der Waals surface area contributed by atoms with Crippen LogP contribution in [0.5, 0.6) is 0 Å². The Morgan fingerprint density at radius 2 is 1.24 bits per heavy atom. The molecular weight excluding hydrogens is 252 g/mol. The molecule has 0 spiro atoms. The molecule has 2 aromatic rings. The SMILES string of the molecule is CCCCCCC(c1ccccc1C)c1ccccc1C. The third-order valence-electron chi connectivity index (χ3n) is 4.47. The van der Waals surface area contributed by atoms with Gasteiger partial charge in [-0.15, -0.1) is 0 Å². The monoisotopic (exact) mass is 280 g/mol. The molecule has 0 radical (unpaired) electrons. The molecule has 0 aromatic heterocycles. The summed E-state index contributed by atoms with van der Waals surface area (Å²) in [7, 11) is 0. The number of hydrogen-bond donors (Lipinski definition) is 0. The van der Waals surface area contributed by atoms with E-state index in [1.807, 2.05) is 0 Å². The molecule has 0 saturated heterocycles. The Balaban J connectivity index is 2.27. The van der Waals surface area contributed by atoms with Crippen molar-refractivity contribution in [3.63, 3.8) is 0 Å². The normalized spacial score (nSPS) is 11.0. The molecule has 2 aromatic carbocycles. The Labute approximate surface area is 130 Å². The van der Waals surface area contributed by atoms with Gasteiger partial charge in [0.2, 0.25) is 0 Å². The van der Waals surface area contributed by atoms with Gasteiger partial charge in [-0.05, 0) is 42.5 Å². The van der Waals surface area contributed by atoms with E-state index in [-0.39, 0.29) is 0 Å². The quantitative estimate of drug-likeness (QED) is 0.514. The maximum Gasteiger partial charge on any atom is 0.00945 e. The molecule has 0 fully saturated rings. The first-order chi connectivity index (χ1) is 10.2. The Morgan fingerprint density at radius 3 is 1.71 bits per heavy atom. The first-order valence-corrected chi connectivity index (χ1v) is 8.35. The topological polar surface area (TPSA) is 0 Å². The molecule has 0 heterocycles. The van der Waals surface area contributed by atoms with E-state index >= 15 is 0 Å². The van der Waals surface area contributed by atoms with Crippen LogP contribution < -0.4 is 0 Å². The highest BCUT2D eigenvalue weighted by Gasteiger charge is 2.17. The summed E-state index contributed by atoms with van der Waals surface area (Å²) in [5, 5.41) is 0. The van der Waals surface area contributed by atoms with Crippen LogP contribution in [0.2, 0.25) is 0 Å². The van der Waals surface area contributed by atoms with E-state index < -0.39 is 0 Å². The maximum atomic E-state index is 2.31. The van der Waals surface area contributed by atoms with Gasteiger partial charge in [-0.2, -0.15) is 0 Å². The Bertz CT molecular complexity index is 508. The molecule has 0 aliphatic carbocycles. The zero-order valence-corrected chi connectivity index (χ0v) is 13.7. The standard InChI is InChI=1S/C21H28/c1-4-5-6-7-16-21(19-14-10-8-12-17(19)2)20-15-11-9-13-18(20)3/h8-15,21H,4-7,16H2,1-3H3. The van der Waals surface area contributed by atoms with Crippen LogP contribution in [0, 0.1) is 13.8 Å². The van der Waals surface area contributed by atoms with Crippen LogP contribution in [0.15, 0.2) is 48.5 Å². The summed E-state index contributed by atoms with van der Waals surface area (Å²) in [4.78, 5) is 0. The van der Waals surface area contributed by atoms with Crippen molar-refractivity contribution in [1.82, 2.24) is 0 Å². The van der Waals surface area contributed by atoms with Gasteiger partial charge in [-0.1, -0.05) is 81.1 Å². The number of benzene rings is 2. The molecule has 0 unspecified atom stereocenters. The van der Waals surface area contributed by atoms with Crippen molar-refractivity contribution in [2.45, 2.75) is 58.8 Å². The number of hydrogen-bond acceptors (Lipinski definition) is 0. The maximum absolute atomic E-state index is 2.31. The fourth-order valence-corrected chi connectivity index (χ4v) is 3.21. The molecule has 2 rings (SSSR count). The highest BCUT2D eigenvalue weighted by Crippen LogP contribution is 2.33. The lowest BCUT2D eigenvalue weighted by atomic mass is 9.83. The predicted molar refractivity (Wildman–Crippen MR) is 93.0 cm³/mol. The summed E-state index contributed by atoms with van der Waals surface area (Å²) in [6.07, 6.45) is 6.59. The van der Waals surface area contributed by atoms with E-state index in [0.717, 1.165) is 0 Å². The molecule has 112 valence electrons. The third-order valence-corrected chi connectivity index (χ3v) is 4.47. The van der Waals surface area contributed by atoms with Crippen LogP contribution in [0.3, 0.4) is 0 Å². The lowest BCUT2D eigenvalue weighted by molar-refractivity contribution is 0.594. The summed E-state index contributed by atoms with van der Waals surface area (Å²) in [5.74, 6) is 0.546. The lowest BCUT2D eigenvalue weighted by Gasteiger charge is -2.22. The summed E-state index contributed by atoms with van der Waals surface area (Å²) in [6.45, 7) is 6.76. The van der Waals surface area contributed by atoms with Crippen molar-refractivity contribution < 1.29 is 0 Å². The Morgan fingerprint density at radius 1 is 0.714 bits per heavy atom. The van der Waals surface area contributed by atoms with Gasteiger partial charge in [-0.3, -0.25) is 0 Å². The second kappa shape index (κ2) is 8.02. The van der Waals surface area contributed by atoms with Crippen molar-refractivity contribution in [2.24, 2.45) is 0 Å². The molecular formula is C21H28. The average Bonchev–Trinajstić information content (AvgIpc) is 2.50. The van der Waals surface area contributed by atoms with Crippen molar-refractivity contribution in [2.75, 3.05) is 0 Å². The first-order valence-electron chi connectivity index (χ1n) is 8.35. The van der Waals surface area contributed by atoms with Crippen molar-refractivity contribution in [1.29, 1.82) is 0 Å². The van der Waals surface area contributed by atoms with Crippen molar-refractivity contribution in [3.8, 4) is 0 Å². The molecule has 0 N–H and O–H groups in total. The minimum atomic E-state index is 0.546. The largest absolute Gasteiger partial charge is 0.0654 e. The minimum absolute atomic E-state index is 0.546. The van der Waals surface area contributed by atoms with E-state index in [9.17, 15) is 0 Å². The average molecular weight is 280 g/mol. The van der Waals surface area contributed by atoms with Gasteiger partial charge in [0.1, 0.15) is 0 Å². The van der Waals surface area contributed by atoms with Gasteiger partial charge in [-0.25, -0.2) is 0 Å². The van der Waals surface area contributed by atoms with Crippen LogP contribution in [0.25, 0.3) is 0 Å². The zero-order chi connectivity index (χ0) is 15.1. The van der Waals surface area contributed by atoms with Gasteiger partial charge in [0.05, 0.1) is 0 Å². The molecule has 0 aliphatic heterocycles. The summed E-state index contributed by atoms with van der Waals surface area (Å²) >= 11 is 0. The van der Waals surface area contributed by atoms with Crippen LogP contribution in [0.1, 0.15) is 67.2 Å². The number of rotatable bonds is 7. The predicted octanol–water partition coefficient (Wildman–Crippen LogP) is 6.41. The summed E-state index contributed by atoms with van der Waals surface area (Å²) in [5.41, 5.74) is 5.84. The van der Waals surface area contributed by atoms with Crippen LogP contribution in [-0.4, -0.2) is 0 Å². The third kappa shape index (κ3) is 4.20. The molecule has 0 bridgehead atoms. The molecule has 0 nitrogen and oxygen atoms in total. The van der Waals surface area contributed by atoms with E-state index in [4.69, 9.17) is 0 Å². The minimum Gasteiger partial charge on any atom is -0.0654 e. The lowest BCUT2D eigenvalue weighted by Crippen LogP contribution is -2.05. The van der Waals surface area contributed by atoms with Crippen LogP contribution in [-0.2, 0) is 0 Å². The second-order valence-electron chi connectivity index (χ2n) is 6.12. The van der Waals surface area contributed by atoms with E-state index in [0.29, 0.717) is 5.92 Å². The van der Waals surface area contributed by atoms with Gasteiger partial charge in [0.15, 0.2) is 0 Å². The molecule has 0 atom stereocenters. The molecule has 0 saturated carbocycles. The molecule has 0 amide bonds. The van der Waals surface area contributed by atoms with E-state index in [2.05, 4.69) is 69.3 Å². The molecule has 0 aliphatic rings. The first kappa shape index (κ1) is 15.8. The van der Waals surface area contributed by atoms with E-state index in [1.165, 1.54) is 54.4 Å². The highest BCUT2D eigenvalue weighted by atomic mass is 14.2. The van der Waals surface area contributed by atoms with Gasteiger partial charge >= 0.3 is 0 Å². The van der Waals surface area contributed by atoms with Crippen molar-refractivity contribution >= 4 is 0 Å². The van der Waals surface area contributed by atoms with Gasteiger partial charge < -0.3 is 0 Å². The molecule has 0 heteroatoms. The fraction of sp³-hybridized carbons (Fsp3) is 0.429. The summed E-state index contributed by atoms with van der Waals surface area (Å²) < 4.78 is 0. The second-order valence-corrected chi connectivity index (χ2v) is 6.12. The highest BCUT2D eigenvalue weighted by molar-refractivity contribution is 5.40. The Kier molecular flexibility index (Phi) is 6.04. The van der Waals surface area contributed by atoms with Crippen molar-refractivity contribution in [3.05, 3.63) is 70.8 Å². The van der Waals surface area contributed by atoms with Crippen LogP contribution >= 0.6 is 0 Å².